The lowest BCUT2D eigenvalue weighted by Gasteiger charge is -2.25. The van der Waals surface area contributed by atoms with E-state index < -0.39 is 22.8 Å². The Morgan fingerprint density at radius 2 is 2.04 bits per heavy atom. The van der Waals surface area contributed by atoms with E-state index >= 15 is 4.39 Å². The topological polar surface area (TPSA) is 124 Å². The standard InChI is InChI=1S/C18H21FN4O4.ClH/c1-27-17-14-11(13(21)12(19)15(17)22-5-4-8(20)6-22)16(24)10(18(25)26)7-23(14)9-2-3-9;/h7-9H,2-6,20-21H2,1H3,(H,25,26);1H/t8-;/m0./s1. The summed E-state index contributed by atoms with van der Waals surface area (Å²) in [6.45, 7) is 0.985. The number of pyridine rings is 1. The lowest BCUT2D eigenvalue weighted by atomic mass is 10.1. The number of aromatic carboxylic acids is 1. The number of aromatic nitrogens is 1. The first-order valence-corrected chi connectivity index (χ1v) is 8.82. The third-order valence-electron chi connectivity index (χ3n) is 5.29. The van der Waals surface area contributed by atoms with Crippen LogP contribution in [0.3, 0.4) is 0 Å². The summed E-state index contributed by atoms with van der Waals surface area (Å²) in [6, 6.07) is -0.0651. The lowest BCUT2D eigenvalue weighted by Crippen LogP contribution is -2.28. The number of nitrogens with two attached hydrogens (primary N) is 2. The molecule has 0 unspecified atom stereocenters. The number of fused-ring (bicyclic) bond motifs is 1. The van der Waals surface area contributed by atoms with E-state index in [0.717, 1.165) is 12.8 Å². The van der Waals surface area contributed by atoms with E-state index in [0.29, 0.717) is 25.0 Å². The van der Waals surface area contributed by atoms with Crippen LogP contribution in [-0.4, -0.2) is 41.9 Å². The fourth-order valence-electron chi connectivity index (χ4n) is 3.82. The number of carbonyl (C=O) groups is 1. The largest absolute Gasteiger partial charge is 0.492 e. The average molecular weight is 413 g/mol. The van der Waals surface area contributed by atoms with E-state index in [-0.39, 0.29) is 47.0 Å². The highest BCUT2D eigenvalue weighted by molar-refractivity contribution is 6.03. The van der Waals surface area contributed by atoms with Crippen LogP contribution >= 0.6 is 12.4 Å². The highest BCUT2D eigenvalue weighted by Gasteiger charge is 2.34. The van der Waals surface area contributed by atoms with Crippen LogP contribution in [0, 0.1) is 5.82 Å². The number of ether oxygens (including phenoxy) is 1. The maximum atomic E-state index is 15.2. The molecule has 2 aliphatic rings. The maximum absolute atomic E-state index is 15.2. The number of carboxylic acids is 1. The lowest BCUT2D eigenvalue weighted by molar-refractivity contribution is 0.0695. The Labute approximate surface area is 166 Å². The number of methoxy groups -OCH3 is 1. The number of nitrogens with zero attached hydrogens (tertiary/aromatic N) is 2. The van der Waals surface area contributed by atoms with Gasteiger partial charge in [0.05, 0.1) is 23.7 Å². The van der Waals surface area contributed by atoms with Crippen LogP contribution in [0.5, 0.6) is 5.75 Å². The maximum Gasteiger partial charge on any atom is 0.341 e. The summed E-state index contributed by atoms with van der Waals surface area (Å²) in [4.78, 5) is 26.0. The number of anilines is 2. The minimum Gasteiger partial charge on any atom is -0.492 e. The molecule has 1 aliphatic heterocycles. The molecule has 0 bridgehead atoms. The highest BCUT2D eigenvalue weighted by atomic mass is 35.5. The Kier molecular flexibility index (Phi) is 5.16. The van der Waals surface area contributed by atoms with Crippen molar-refractivity contribution in [3.63, 3.8) is 0 Å². The van der Waals surface area contributed by atoms with Gasteiger partial charge in [0.2, 0.25) is 5.43 Å². The van der Waals surface area contributed by atoms with Crippen molar-refractivity contribution in [3.8, 4) is 5.75 Å². The van der Waals surface area contributed by atoms with Crippen molar-refractivity contribution in [1.82, 2.24) is 4.57 Å². The Morgan fingerprint density at radius 1 is 1.36 bits per heavy atom. The van der Waals surface area contributed by atoms with Crippen molar-refractivity contribution in [2.45, 2.75) is 31.3 Å². The number of nitrogen functional groups attached to an aromatic ring is 1. The summed E-state index contributed by atoms with van der Waals surface area (Å²) in [5.74, 6) is -1.97. The highest BCUT2D eigenvalue weighted by Crippen LogP contribution is 2.46. The summed E-state index contributed by atoms with van der Waals surface area (Å²) in [5.41, 5.74) is 10.9. The van der Waals surface area contributed by atoms with Crippen molar-refractivity contribution < 1.29 is 19.0 Å². The van der Waals surface area contributed by atoms with E-state index in [9.17, 15) is 14.7 Å². The molecule has 0 amide bonds. The van der Waals surface area contributed by atoms with Crippen molar-refractivity contribution in [2.24, 2.45) is 5.73 Å². The molecule has 152 valence electrons. The van der Waals surface area contributed by atoms with Gasteiger partial charge >= 0.3 is 5.97 Å². The van der Waals surface area contributed by atoms with E-state index in [4.69, 9.17) is 16.2 Å². The van der Waals surface area contributed by atoms with Crippen LogP contribution in [0.2, 0.25) is 0 Å². The van der Waals surface area contributed by atoms with Gasteiger partial charge in [-0.25, -0.2) is 9.18 Å². The zero-order valence-electron chi connectivity index (χ0n) is 15.3. The van der Waals surface area contributed by atoms with Crippen LogP contribution in [0.15, 0.2) is 11.0 Å². The first kappa shape index (κ1) is 20.2. The van der Waals surface area contributed by atoms with Crippen LogP contribution in [-0.2, 0) is 0 Å². The second-order valence-electron chi connectivity index (χ2n) is 7.14. The molecule has 1 saturated carbocycles. The molecule has 1 saturated heterocycles. The van der Waals surface area contributed by atoms with E-state index in [2.05, 4.69) is 0 Å². The van der Waals surface area contributed by atoms with Gasteiger partial charge in [0.15, 0.2) is 11.6 Å². The molecule has 1 aliphatic carbocycles. The number of rotatable bonds is 4. The molecule has 2 fully saturated rings. The Balaban J connectivity index is 0.00000225. The second-order valence-corrected chi connectivity index (χ2v) is 7.14. The van der Waals surface area contributed by atoms with Crippen LogP contribution in [0.25, 0.3) is 10.9 Å². The van der Waals surface area contributed by atoms with Gasteiger partial charge in [0.1, 0.15) is 11.3 Å². The van der Waals surface area contributed by atoms with E-state index in [1.807, 2.05) is 0 Å². The fraction of sp³-hybridized carbons (Fsp3) is 0.444. The molecule has 10 heteroatoms. The van der Waals surface area contributed by atoms with Gasteiger partial charge in [0.25, 0.3) is 0 Å². The quantitative estimate of drug-likeness (QED) is 0.653. The van der Waals surface area contributed by atoms with Gasteiger partial charge in [-0.05, 0) is 19.3 Å². The molecule has 2 heterocycles. The molecule has 1 aromatic carbocycles. The first-order chi connectivity index (χ1) is 12.8. The molecule has 0 radical (unpaired) electrons. The second kappa shape index (κ2) is 7.14. The molecule has 0 spiro atoms. The minimum absolute atomic E-state index is 0. The number of carboxylic acid groups (broad SMARTS) is 1. The number of halogens is 2. The van der Waals surface area contributed by atoms with Crippen LogP contribution < -0.4 is 26.5 Å². The van der Waals surface area contributed by atoms with Gasteiger partial charge in [-0.15, -0.1) is 12.4 Å². The zero-order valence-corrected chi connectivity index (χ0v) is 16.1. The van der Waals surface area contributed by atoms with Crippen molar-refractivity contribution in [3.05, 3.63) is 27.8 Å². The molecule has 1 atom stereocenters. The monoisotopic (exact) mass is 412 g/mol. The fourth-order valence-corrected chi connectivity index (χ4v) is 3.82. The smallest absolute Gasteiger partial charge is 0.341 e. The van der Waals surface area contributed by atoms with Crippen LogP contribution in [0.4, 0.5) is 15.8 Å². The molecular weight excluding hydrogens is 391 g/mol. The third kappa shape index (κ3) is 2.94. The predicted molar refractivity (Wildman–Crippen MR) is 106 cm³/mol. The average Bonchev–Trinajstić information content (AvgIpc) is 3.38. The molecule has 4 rings (SSSR count). The number of hydrogen-bond acceptors (Lipinski definition) is 6. The predicted octanol–water partition coefficient (Wildman–Crippen LogP) is 1.72. The van der Waals surface area contributed by atoms with Crippen molar-refractivity contribution >= 4 is 40.7 Å². The number of benzene rings is 1. The van der Waals surface area contributed by atoms with Crippen molar-refractivity contribution in [1.29, 1.82) is 0 Å². The zero-order chi connectivity index (χ0) is 19.5. The summed E-state index contributed by atoms with van der Waals surface area (Å²) in [7, 11) is 1.40. The molecule has 28 heavy (non-hydrogen) atoms. The first-order valence-electron chi connectivity index (χ1n) is 8.82. The molecule has 1 aromatic heterocycles. The summed E-state index contributed by atoms with van der Waals surface area (Å²) in [6.07, 6.45) is 3.68. The Morgan fingerprint density at radius 3 is 2.54 bits per heavy atom. The van der Waals surface area contributed by atoms with Gasteiger partial charge in [-0.1, -0.05) is 0 Å². The molecule has 8 nitrogen and oxygen atoms in total. The number of hydrogen-bond donors (Lipinski definition) is 3. The summed E-state index contributed by atoms with van der Waals surface area (Å²) in [5, 5.41) is 9.24. The van der Waals surface area contributed by atoms with Gasteiger partial charge in [0, 0.05) is 31.4 Å². The van der Waals surface area contributed by atoms with Gasteiger partial charge < -0.3 is 30.8 Å². The Hall–Kier alpha value is -2.52. The normalized spacial score (nSPS) is 19.0. The van der Waals surface area contributed by atoms with Crippen LogP contribution in [0.1, 0.15) is 35.7 Å². The molecule has 5 N–H and O–H groups in total. The SMILES string of the molecule is COc1c(N2CC[C@H](N)C2)c(F)c(N)c2c(=O)c(C(=O)O)cn(C3CC3)c12.Cl. The minimum atomic E-state index is -1.37. The van der Waals surface area contributed by atoms with E-state index in [1.165, 1.54) is 13.3 Å². The van der Waals surface area contributed by atoms with Crippen molar-refractivity contribution in [2.75, 3.05) is 30.8 Å². The Bertz CT molecular complexity index is 1020. The molecule has 2 aromatic rings. The van der Waals surface area contributed by atoms with E-state index in [1.54, 1.807) is 9.47 Å². The summed E-state index contributed by atoms with van der Waals surface area (Å²) >= 11 is 0. The summed E-state index contributed by atoms with van der Waals surface area (Å²) < 4.78 is 22.5. The third-order valence-corrected chi connectivity index (χ3v) is 5.29. The van der Waals surface area contributed by atoms with Gasteiger partial charge in [-0.2, -0.15) is 0 Å². The van der Waals surface area contributed by atoms with Gasteiger partial charge in [-0.3, -0.25) is 4.79 Å². The molecular formula is C18H22ClFN4O4.